The Balaban J connectivity index is 2.85. The van der Waals surface area contributed by atoms with E-state index in [4.69, 9.17) is 10.8 Å². The highest BCUT2D eigenvalue weighted by Gasteiger charge is 2.40. The average molecular weight is 255 g/mol. The second-order valence-corrected chi connectivity index (χ2v) is 7.23. The van der Waals surface area contributed by atoms with Crippen LogP contribution in [0.25, 0.3) is 0 Å². The molecule has 104 valence electrons. The van der Waals surface area contributed by atoms with Crippen LogP contribution in [-0.2, 0) is 9.59 Å². The van der Waals surface area contributed by atoms with E-state index in [0.717, 1.165) is 12.8 Å². The van der Waals surface area contributed by atoms with Crippen molar-refractivity contribution < 1.29 is 14.7 Å². The van der Waals surface area contributed by atoms with Gasteiger partial charge in [-0.2, -0.15) is 0 Å². The van der Waals surface area contributed by atoms with Crippen LogP contribution < -0.4 is 5.73 Å². The summed E-state index contributed by atoms with van der Waals surface area (Å²) in [6.45, 7) is 8.50. The minimum atomic E-state index is -1.02. The highest BCUT2D eigenvalue weighted by atomic mass is 16.4. The normalized spacial score (nSPS) is 28.5. The molecule has 1 fully saturated rings. The van der Waals surface area contributed by atoms with Crippen molar-refractivity contribution in [3.05, 3.63) is 0 Å². The van der Waals surface area contributed by atoms with Gasteiger partial charge < -0.3 is 10.8 Å². The van der Waals surface area contributed by atoms with Gasteiger partial charge in [-0.25, -0.2) is 0 Å². The summed E-state index contributed by atoms with van der Waals surface area (Å²) in [4.78, 5) is 23.0. The Morgan fingerprint density at radius 2 is 1.94 bits per heavy atom. The largest absolute Gasteiger partial charge is 0.480 e. The molecular formula is C14H25NO3. The summed E-state index contributed by atoms with van der Waals surface area (Å²) in [5.74, 6) is -1.07. The van der Waals surface area contributed by atoms with Gasteiger partial charge >= 0.3 is 5.97 Å². The average Bonchev–Trinajstić information content (AvgIpc) is 2.19. The topological polar surface area (TPSA) is 80.4 Å². The van der Waals surface area contributed by atoms with Crippen molar-refractivity contribution in [3.8, 4) is 0 Å². The molecule has 0 saturated heterocycles. The second-order valence-electron chi connectivity index (χ2n) is 7.23. The number of carbonyl (C=O) groups is 2. The van der Waals surface area contributed by atoms with Crippen molar-refractivity contribution >= 4 is 11.8 Å². The number of Topliss-reactive ketones (excluding diaryl/α,β-unsaturated/α-hetero) is 1. The van der Waals surface area contributed by atoms with Crippen molar-refractivity contribution in [2.24, 2.45) is 22.5 Å². The summed E-state index contributed by atoms with van der Waals surface area (Å²) in [7, 11) is 0. The van der Waals surface area contributed by atoms with E-state index in [9.17, 15) is 9.59 Å². The van der Waals surface area contributed by atoms with Crippen LogP contribution in [-0.4, -0.2) is 22.9 Å². The van der Waals surface area contributed by atoms with Gasteiger partial charge in [0.15, 0.2) is 0 Å². The molecule has 2 atom stereocenters. The van der Waals surface area contributed by atoms with Gasteiger partial charge in [-0.3, -0.25) is 9.59 Å². The van der Waals surface area contributed by atoms with Crippen molar-refractivity contribution in [1.82, 2.24) is 0 Å². The van der Waals surface area contributed by atoms with Gasteiger partial charge in [0.2, 0.25) is 0 Å². The van der Waals surface area contributed by atoms with E-state index in [1.54, 1.807) is 0 Å². The first-order valence-corrected chi connectivity index (χ1v) is 6.54. The minimum absolute atomic E-state index is 0.0113. The van der Waals surface area contributed by atoms with Gasteiger partial charge in [0, 0.05) is 12.3 Å². The number of carboxylic acids is 1. The third kappa shape index (κ3) is 4.09. The summed E-state index contributed by atoms with van der Waals surface area (Å²) in [5.41, 5.74) is 5.61. The summed E-state index contributed by atoms with van der Waals surface area (Å²) < 4.78 is 0. The zero-order valence-corrected chi connectivity index (χ0v) is 11.8. The van der Waals surface area contributed by atoms with E-state index >= 15 is 0 Å². The number of carboxylic acid groups (broad SMARTS) is 1. The molecule has 1 rings (SSSR count). The first kappa shape index (κ1) is 15.2. The molecule has 4 nitrogen and oxygen atoms in total. The third-order valence-electron chi connectivity index (χ3n) is 3.72. The first-order valence-electron chi connectivity index (χ1n) is 6.54. The molecule has 0 spiro atoms. The Kier molecular flexibility index (Phi) is 4.21. The molecule has 0 aliphatic heterocycles. The number of aliphatic carboxylic acids is 1. The summed E-state index contributed by atoms with van der Waals surface area (Å²) in [6.07, 6.45) is 2.49. The van der Waals surface area contributed by atoms with E-state index in [-0.39, 0.29) is 29.0 Å². The predicted octanol–water partition coefficient (Wildman–Crippen LogP) is 2.21. The molecule has 1 saturated carbocycles. The molecule has 1 aliphatic rings. The quantitative estimate of drug-likeness (QED) is 0.758. The Bertz CT molecular complexity index is 347. The van der Waals surface area contributed by atoms with Crippen LogP contribution >= 0.6 is 0 Å². The van der Waals surface area contributed by atoms with Crippen LogP contribution in [0.3, 0.4) is 0 Å². The summed E-state index contributed by atoms with van der Waals surface area (Å²) in [5, 5.41) is 8.87. The number of nitrogens with two attached hydrogens (primary N) is 1. The van der Waals surface area contributed by atoms with E-state index in [0.29, 0.717) is 6.42 Å². The Morgan fingerprint density at radius 1 is 1.39 bits per heavy atom. The van der Waals surface area contributed by atoms with Crippen LogP contribution in [0.4, 0.5) is 0 Å². The molecule has 0 aromatic heterocycles. The number of rotatable bonds is 3. The predicted molar refractivity (Wildman–Crippen MR) is 70.1 cm³/mol. The van der Waals surface area contributed by atoms with Gasteiger partial charge in [0.05, 0.1) is 0 Å². The molecule has 1 unspecified atom stereocenters. The molecule has 0 radical (unpaired) electrons. The van der Waals surface area contributed by atoms with E-state index < -0.39 is 12.0 Å². The maximum atomic E-state index is 12.2. The van der Waals surface area contributed by atoms with Gasteiger partial charge in [0.25, 0.3) is 0 Å². The van der Waals surface area contributed by atoms with Crippen LogP contribution in [0.1, 0.15) is 53.4 Å². The number of carbonyl (C=O) groups excluding carboxylic acids is 1. The molecule has 3 N–H and O–H groups in total. The lowest BCUT2D eigenvalue weighted by atomic mass is 9.73. The van der Waals surface area contributed by atoms with Crippen molar-refractivity contribution in [2.45, 2.75) is 59.4 Å². The van der Waals surface area contributed by atoms with Gasteiger partial charge in [-0.05, 0) is 30.1 Å². The Morgan fingerprint density at radius 3 is 2.44 bits per heavy atom. The molecule has 4 heteroatoms. The lowest BCUT2D eigenvalue weighted by Gasteiger charge is -2.31. The molecule has 0 aromatic rings. The van der Waals surface area contributed by atoms with E-state index in [1.807, 2.05) is 0 Å². The fourth-order valence-electron chi connectivity index (χ4n) is 3.45. The van der Waals surface area contributed by atoms with Crippen LogP contribution in [0.2, 0.25) is 0 Å². The fraction of sp³-hybridized carbons (Fsp3) is 0.857. The zero-order valence-electron chi connectivity index (χ0n) is 11.8. The molecule has 18 heavy (non-hydrogen) atoms. The highest BCUT2D eigenvalue weighted by Crippen LogP contribution is 2.45. The number of hydrogen-bond donors (Lipinski definition) is 2. The summed E-state index contributed by atoms with van der Waals surface area (Å²) in [6, 6.07) is -0.934. The molecule has 0 amide bonds. The standard InChI is InChI=1S/C14H25NO3/c1-13(2)6-9(5-10(15)12(17)18)11(16)7-14(3,4)8-13/h9-10H,5-8,15H2,1-4H3,(H,17,18)/t9?,10-/m0/s1. The monoisotopic (exact) mass is 255 g/mol. The number of ketones is 1. The van der Waals surface area contributed by atoms with Crippen molar-refractivity contribution in [3.63, 3.8) is 0 Å². The molecule has 1 aliphatic carbocycles. The molecule has 0 bridgehead atoms. The maximum absolute atomic E-state index is 12.2. The van der Waals surface area contributed by atoms with Gasteiger partial charge in [0.1, 0.15) is 11.8 Å². The lowest BCUT2D eigenvalue weighted by molar-refractivity contribution is -0.139. The maximum Gasteiger partial charge on any atom is 0.320 e. The van der Waals surface area contributed by atoms with Crippen molar-refractivity contribution in [1.29, 1.82) is 0 Å². The minimum Gasteiger partial charge on any atom is -0.480 e. The second kappa shape index (κ2) is 5.00. The lowest BCUT2D eigenvalue weighted by Crippen LogP contribution is -2.35. The summed E-state index contributed by atoms with van der Waals surface area (Å²) >= 11 is 0. The molecule has 0 aromatic carbocycles. The third-order valence-corrected chi connectivity index (χ3v) is 3.72. The van der Waals surface area contributed by atoms with E-state index in [1.165, 1.54) is 0 Å². The Labute approximate surface area is 109 Å². The Hall–Kier alpha value is -0.900. The van der Waals surface area contributed by atoms with Gasteiger partial charge in [-0.15, -0.1) is 0 Å². The van der Waals surface area contributed by atoms with Gasteiger partial charge in [-0.1, -0.05) is 27.7 Å². The smallest absolute Gasteiger partial charge is 0.320 e. The first-order chi connectivity index (χ1) is 8.02. The van der Waals surface area contributed by atoms with Crippen LogP contribution in [0.15, 0.2) is 0 Å². The van der Waals surface area contributed by atoms with Crippen LogP contribution in [0.5, 0.6) is 0 Å². The van der Waals surface area contributed by atoms with Crippen LogP contribution in [0, 0.1) is 16.7 Å². The highest BCUT2D eigenvalue weighted by molar-refractivity contribution is 5.83. The molecule has 0 heterocycles. The van der Waals surface area contributed by atoms with Crippen molar-refractivity contribution in [2.75, 3.05) is 0 Å². The fourth-order valence-corrected chi connectivity index (χ4v) is 3.45. The number of hydrogen-bond acceptors (Lipinski definition) is 3. The SMILES string of the molecule is CC1(C)CC(=O)C(C[C@H](N)C(=O)O)CC(C)(C)C1. The molecular weight excluding hydrogens is 230 g/mol. The zero-order chi connectivity index (χ0) is 14.1. The van der Waals surface area contributed by atoms with E-state index in [2.05, 4.69) is 27.7 Å².